The highest BCUT2D eigenvalue weighted by molar-refractivity contribution is 6.31. The number of benzene rings is 2. The smallest absolute Gasteiger partial charge is 0.168 e. The summed E-state index contributed by atoms with van der Waals surface area (Å²) in [6, 6.07) is 9.67. The summed E-state index contributed by atoms with van der Waals surface area (Å²) in [6.45, 7) is 3.55. The zero-order chi connectivity index (χ0) is 14.7. The molecule has 0 saturated carbocycles. The van der Waals surface area contributed by atoms with Gasteiger partial charge in [0.2, 0.25) is 0 Å². The molecule has 0 radical (unpaired) electrons. The number of rotatable bonds is 4. The predicted octanol–water partition coefficient (Wildman–Crippen LogP) is 4.89. The molecule has 0 aliphatic heterocycles. The largest absolute Gasteiger partial charge is 0.454 e. The van der Waals surface area contributed by atoms with E-state index in [1.165, 1.54) is 6.07 Å². The Morgan fingerprint density at radius 3 is 2.70 bits per heavy atom. The fraction of sp³-hybridized carbons (Fsp3) is 0.250. The highest BCUT2D eigenvalue weighted by atomic mass is 35.5. The van der Waals surface area contributed by atoms with Gasteiger partial charge < -0.3 is 9.84 Å². The number of hydrogen-bond donors (Lipinski definition) is 1. The normalized spacial score (nSPS) is 12.2. The van der Waals surface area contributed by atoms with E-state index >= 15 is 0 Å². The van der Waals surface area contributed by atoms with Crippen molar-refractivity contribution in [2.45, 2.75) is 26.4 Å². The van der Waals surface area contributed by atoms with Crippen molar-refractivity contribution >= 4 is 11.6 Å². The molecule has 0 heterocycles. The number of aliphatic hydroxyl groups excluding tert-OH is 1. The Labute approximate surface area is 122 Å². The maximum atomic E-state index is 13.9. The van der Waals surface area contributed by atoms with Gasteiger partial charge in [-0.05, 0) is 43.2 Å². The lowest BCUT2D eigenvalue weighted by atomic mass is 10.1. The second kappa shape index (κ2) is 6.25. The zero-order valence-electron chi connectivity index (χ0n) is 11.4. The van der Waals surface area contributed by atoms with Crippen LogP contribution in [0, 0.1) is 5.82 Å². The molecule has 1 N–H and O–H groups in total. The molecule has 2 nitrogen and oxygen atoms in total. The number of ether oxygens (including phenoxy) is 1. The van der Waals surface area contributed by atoms with Crippen molar-refractivity contribution in [3.05, 3.63) is 58.4 Å². The maximum absolute atomic E-state index is 13.9. The van der Waals surface area contributed by atoms with Crippen molar-refractivity contribution in [2.75, 3.05) is 0 Å². The number of aryl methyl sites for hydroxylation is 1. The van der Waals surface area contributed by atoms with E-state index in [1.54, 1.807) is 37.3 Å². The van der Waals surface area contributed by atoms with Gasteiger partial charge in [-0.3, -0.25) is 0 Å². The van der Waals surface area contributed by atoms with E-state index in [9.17, 15) is 9.50 Å². The maximum Gasteiger partial charge on any atom is 0.168 e. The highest BCUT2D eigenvalue weighted by Gasteiger charge is 2.15. The number of halogens is 2. The third kappa shape index (κ3) is 3.11. The molecule has 0 amide bonds. The Morgan fingerprint density at radius 1 is 1.30 bits per heavy atom. The van der Waals surface area contributed by atoms with Crippen LogP contribution >= 0.6 is 11.6 Å². The van der Waals surface area contributed by atoms with Crippen molar-refractivity contribution in [3.63, 3.8) is 0 Å². The van der Waals surface area contributed by atoms with Gasteiger partial charge in [0.25, 0.3) is 0 Å². The van der Waals surface area contributed by atoms with Gasteiger partial charge in [-0.1, -0.05) is 30.7 Å². The van der Waals surface area contributed by atoms with Gasteiger partial charge in [-0.2, -0.15) is 0 Å². The van der Waals surface area contributed by atoms with Crippen LogP contribution in [-0.4, -0.2) is 5.11 Å². The van der Waals surface area contributed by atoms with Crippen molar-refractivity contribution in [2.24, 2.45) is 0 Å². The van der Waals surface area contributed by atoms with Gasteiger partial charge in [0.15, 0.2) is 11.6 Å². The van der Waals surface area contributed by atoms with Crippen LogP contribution in [0.4, 0.5) is 4.39 Å². The van der Waals surface area contributed by atoms with E-state index in [4.69, 9.17) is 16.3 Å². The van der Waals surface area contributed by atoms with Gasteiger partial charge in [-0.15, -0.1) is 0 Å². The molecule has 2 aromatic rings. The number of hydrogen-bond acceptors (Lipinski definition) is 2. The van der Waals surface area contributed by atoms with Gasteiger partial charge >= 0.3 is 0 Å². The highest BCUT2D eigenvalue weighted by Crippen LogP contribution is 2.33. The Hall–Kier alpha value is -1.58. The molecule has 0 unspecified atom stereocenters. The summed E-state index contributed by atoms with van der Waals surface area (Å²) in [7, 11) is 0. The second-order valence-corrected chi connectivity index (χ2v) is 4.95. The minimum Gasteiger partial charge on any atom is -0.454 e. The van der Waals surface area contributed by atoms with Crippen LogP contribution in [0.1, 0.15) is 31.1 Å². The molecule has 4 heteroatoms. The molecular weight excluding hydrogens is 279 g/mol. The lowest BCUT2D eigenvalue weighted by molar-refractivity contribution is 0.194. The molecule has 106 valence electrons. The Balaban J connectivity index is 2.39. The molecule has 0 fully saturated rings. The van der Waals surface area contributed by atoms with Crippen LogP contribution in [0.3, 0.4) is 0 Å². The van der Waals surface area contributed by atoms with Crippen LogP contribution in [-0.2, 0) is 6.42 Å². The lowest BCUT2D eigenvalue weighted by Gasteiger charge is -2.14. The quantitative estimate of drug-likeness (QED) is 0.870. The molecule has 0 aliphatic carbocycles. The minimum absolute atomic E-state index is 0.0480. The monoisotopic (exact) mass is 294 g/mol. The Bertz CT molecular complexity index is 611. The van der Waals surface area contributed by atoms with E-state index in [1.807, 2.05) is 6.92 Å². The predicted molar refractivity (Wildman–Crippen MR) is 77.9 cm³/mol. The summed E-state index contributed by atoms with van der Waals surface area (Å²) in [4.78, 5) is 0. The van der Waals surface area contributed by atoms with Crippen molar-refractivity contribution in [1.82, 2.24) is 0 Å². The number of para-hydroxylation sites is 1. The Morgan fingerprint density at radius 2 is 2.05 bits per heavy atom. The van der Waals surface area contributed by atoms with Gasteiger partial charge in [0.1, 0.15) is 5.75 Å². The topological polar surface area (TPSA) is 29.5 Å². The van der Waals surface area contributed by atoms with Crippen molar-refractivity contribution in [1.29, 1.82) is 0 Å². The van der Waals surface area contributed by atoms with Crippen LogP contribution in [0.5, 0.6) is 11.5 Å². The third-order valence-electron chi connectivity index (χ3n) is 3.07. The molecule has 20 heavy (non-hydrogen) atoms. The molecule has 2 aromatic carbocycles. The summed E-state index contributed by atoms with van der Waals surface area (Å²) in [5.74, 6) is 0.0431. The summed E-state index contributed by atoms with van der Waals surface area (Å²) < 4.78 is 19.5. The van der Waals surface area contributed by atoms with Gasteiger partial charge in [-0.25, -0.2) is 4.39 Å². The van der Waals surface area contributed by atoms with E-state index < -0.39 is 11.9 Å². The van der Waals surface area contributed by atoms with Crippen LogP contribution in [0.2, 0.25) is 5.02 Å². The minimum atomic E-state index is -0.807. The molecule has 0 saturated heterocycles. The molecule has 0 bridgehead atoms. The summed E-state index contributed by atoms with van der Waals surface area (Å²) in [5.41, 5.74) is 1.34. The summed E-state index contributed by atoms with van der Waals surface area (Å²) >= 11 is 6.04. The third-order valence-corrected chi connectivity index (χ3v) is 3.43. The average Bonchev–Trinajstić information content (AvgIpc) is 2.42. The lowest BCUT2D eigenvalue weighted by Crippen LogP contribution is -1.99. The van der Waals surface area contributed by atoms with Crippen molar-refractivity contribution in [3.8, 4) is 11.5 Å². The molecule has 0 aromatic heterocycles. The zero-order valence-corrected chi connectivity index (χ0v) is 12.1. The van der Waals surface area contributed by atoms with E-state index in [0.717, 1.165) is 12.0 Å². The van der Waals surface area contributed by atoms with E-state index in [0.29, 0.717) is 16.3 Å². The van der Waals surface area contributed by atoms with E-state index in [-0.39, 0.29) is 5.75 Å². The SMILES string of the molecule is CCc1cc(Oc2c(F)cccc2[C@@H](C)O)ccc1Cl. The molecule has 0 spiro atoms. The standard InChI is InChI=1S/C16H16ClFO2/c1-3-11-9-12(7-8-14(11)17)20-16-13(10(2)19)5-4-6-15(16)18/h4-10,19H,3H2,1-2H3/t10-/m1/s1. The van der Waals surface area contributed by atoms with Crippen LogP contribution in [0.15, 0.2) is 36.4 Å². The molecule has 2 rings (SSSR count). The first kappa shape index (κ1) is 14.8. The molecule has 0 aliphatic rings. The fourth-order valence-corrected chi connectivity index (χ4v) is 2.22. The summed E-state index contributed by atoms with van der Waals surface area (Å²) in [5, 5.41) is 10.3. The second-order valence-electron chi connectivity index (χ2n) is 4.54. The number of aliphatic hydroxyl groups is 1. The molecular formula is C16H16ClFO2. The summed E-state index contributed by atoms with van der Waals surface area (Å²) in [6.07, 6.45) is -0.0463. The van der Waals surface area contributed by atoms with Gasteiger partial charge in [0.05, 0.1) is 6.10 Å². The van der Waals surface area contributed by atoms with E-state index in [2.05, 4.69) is 0 Å². The average molecular weight is 295 g/mol. The van der Waals surface area contributed by atoms with Crippen LogP contribution in [0.25, 0.3) is 0 Å². The Kier molecular flexibility index (Phi) is 4.63. The van der Waals surface area contributed by atoms with Crippen molar-refractivity contribution < 1.29 is 14.2 Å². The first-order valence-corrected chi connectivity index (χ1v) is 6.83. The molecule has 1 atom stereocenters. The fourth-order valence-electron chi connectivity index (χ4n) is 1.97. The van der Waals surface area contributed by atoms with Gasteiger partial charge in [0, 0.05) is 10.6 Å². The first-order chi connectivity index (χ1) is 9.52. The first-order valence-electron chi connectivity index (χ1n) is 6.45. The van der Waals surface area contributed by atoms with Crippen LogP contribution < -0.4 is 4.74 Å².